The molecular weight excluding hydrogens is 415 g/mol. The van der Waals surface area contributed by atoms with Gasteiger partial charge in [-0.25, -0.2) is 9.37 Å². The Labute approximate surface area is 189 Å². The van der Waals surface area contributed by atoms with Crippen LogP contribution in [0.25, 0.3) is 0 Å². The fraction of sp³-hybridized carbons (Fsp3) is 0.591. The van der Waals surface area contributed by atoms with Gasteiger partial charge in [-0.2, -0.15) is 18.6 Å². The van der Waals surface area contributed by atoms with E-state index in [4.69, 9.17) is 0 Å². The largest absolute Gasteiger partial charge is 0.366 e. The van der Waals surface area contributed by atoms with E-state index in [0.29, 0.717) is 25.8 Å². The summed E-state index contributed by atoms with van der Waals surface area (Å²) in [6, 6.07) is 1.79. The Hall–Kier alpha value is -2.29. The molecule has 9 heteroatoms. The lowest BCUT2D eigenvalue weighted by molar-refractivity contribution is -0.221. The molecule has 2 bridgehead atoms. The van der Waals surface area contributed by atoms with E-state index in [9.17, 15) is 9.18 Å². The van der Waals surface area contributed by atoms with Gasteiger partial charge in [-0.1, -0.05) is 13.8 Å². The highest BCUT2D eigenvalue weighted by molar-refractivity contribution is 7.59. The van der Waals surface area contributed by atoms with E-state index in [1.54, 1.807) is 0 Å². The second-order valence-electron chi connectivity index (χ2n) is 9.86. The van der Waals surface area contributed by atoms with Crippen molar-refractivity contribution in [2.75, 3.05) is 22.6 Å². The zero-order chi connectivity index (χ0) is 21.3. The molecular formula is C22H31FN6OS. The fourth-order valence-electron chi connectivity index (χ4n) is 5.60. The van der Waals surface area contributed by atoms with Crippen molar-refractivity contribution in [1.82, 2.24) is 14.8 Å². The number of rotatable bonds is 6. The molecule has 1 atom stereocenters. The predicted octanol–water partition coefficient (Wildman–Crippen LogP) is 3.62. The van der Waals surface area contributed by atoms with Crippen LogP contribution >= 0.6 is 13.5 Å². The molecule has 168 valence electrons. The summed E-state index contributed by atoms with van der Waals surface area (Å²) in [4.78, 5) is 19.1. The molecule has 2 N–H and O–H groups in total. The number of carbonyl (C=O) groups excluding carboxylic acids is 1. The van der Waals surface area contributed by atoms with Gasteiger partial charge in [0.1, 0.15) is 17.5 Å². The van der Waals surface area contributed by atoms with E-state index in [-0.39, 0.29) is 36.8 Å². The average molecular weight is 447 g/mol. The first-order valence-corrected chi connectivity index (χ1v) is 10.7. The monoisotopic (exact) mass is 446 g/mol. The number of likely N-dealkylation sites (N-methyl/N-ethyl adjacent to an activating group) is 1. The predicted molar refractivity (Wildman–Crippen MR) is 125 cm³/mol. The molecule has 31 heavy (non-hydrogen) atoms. The van der Waals surface area contributed by atoms with Gasteiger partial charge >= 0.3 is 0 Å². The number of anilines is 3. The highest BCUT2D eigenvalue weighted by atomic mass is 32.1. The van der Waals surface area contributed by atoms with Gasteiger partial charge in [0.05, 0.1) is 23.3 Å². The topological polar surface area (TPSA) is 75.1 Å². The molecule has 4 aliphatic rings. The van der Waals surface area contributed by atoms with Crippen molar-refractivity contribution in [2.45, 2.75) is 64.8 Å². The summed E-state index contributed by atoms with van der Waals surface area (Å²) in [6.07, 6.45) is 5.95. The summed E-state index contributed by atoms with van der Waals surface area (Å²) in [5.74, 6) is 0.982. The molecule has 3 aliphatic carbocycles. The molecule has 0 spiro atoms. The van der Waals surface area contributed by atoms with Gasteiger partial charge in [-0.15, -0.1) is 0 Å². The number of aryl methyl sites for hydroxylation is 1. The summed E-state index contributed by atoms with van der Waals surface area (Å²) < 4.78 is 15.7. The van der Waals surface area contributed by atoms with Crippen LogP contribution in [0.1, 0.15) is 44.4 Å². The molecule has 7 nitrogen and oxygen atoms in total. The van der Waals surface area contributed by atoms with Crippen LogP contribution in [0.5, 0.6) is 0 Å². The van der Waals surface area contributed by atoms with Crippen molar-refractivity contribution in [3.63, 3.8) is 0 Å². The Bertz CT molecular complexity index is 1000. The molecule has 1 amide bonds. The van der Waals surface area contributed by atoms with Crippen LogP contribution in [0.2, 0.25) is 0 Å². The summed E-state index contributed by atoms with van der Waals surface area (Å²) in [5, 5.41) is 10.9. The van der Waals surface area contributed by atoms with Gasteiger partial charge in [0.15, 0.2) is 0 Å². The van der Waals surface area contributed by atoms with Crippen molar-refractivity contribution < 1.29 is 9.18 Å². The molecule has 3 heterocycles. The number of amides is 1. The van der Waals surface area contributed by atoms with Gasteiger partial charge in [0.25, 0.3) is 0 Å². The van der Waals surface area contributed by atoms with Gasteiger partial charge in [0.2, 0.25) is 5.91 Å². The lowest BCUT2D eigenvalue weighted by atomic mass is 9.42. The van der Waals surface area contributed by atoms with Crippen LogP contribution in [0.3, 0.4) is 0 Å². The highest BCUT2D eigenvalue weighted by Gasteiger charge is 2.69. The number of carbonyl (C=O) groups is 1. The first-order valence-electron chi connectivity index (χ1n) is 10.7. The van der Waals surface area contributed by atoms with E-state index < -0.39 is 5.67 Å². The third-order valence-electron chi connectivity index (χ3n) is 6.86. The molecule has 3 fully saturated rings. The normalized spacial score (nSPS) is 28.3. The maximum atomic E-state index is 13.7. The highest BCUT2D eigenvalue weighted by Crippen LogP contribution is 2.70. The van der Waals surface area contributed by atoms with Gasteiger partial charge < -0.3 is 15.5 Å². The van der Waals surface area contributed by atoms with Crippen LogP contribution in [-0.2, 0) is 17.9 Å². The number of aromatic nitrogens is 3. The third kappa shape index (κ3) is 3.66. The Morgan fingerprint density at radius 2 is 2.06 bits per heavy atom. The number of halogens is 1. The summed E-state index contributed by atoms with van der Waals surface area (Å²) in [6.45, 7) is 7.42. The van der Waals surface area contributed by atoms with E-state index >= 15 is 0 Å². The zero-order valence-electron chi connectivity index (χ0n) is 18.5. The van der Waals surface area contributed by atoms with Gasteiger partial charge in [-0.05, 0) is 37.5 Å². The molecule has 2 aromatic heterocycles. The number of nitrogens with zero attached hydrogens (tertiary/aromatic N) is 4. The minimum absolute atomic E-state index is 0. The van der Waals surface area contributed by atoms with Gasteiger partial charge in [0, 0.05) is 38.0 Å². The summed E-state index contributed by atoms with van der Waals surface area (Å²) in [5.41, 5.74) is 2.89. The molecule has 6 rings (SSSR count). The van der Waals surface area contributed by atoms with Crippen molar-refractivity contribution in [3.05, 3.63) is 29.7 Å². The van der Waals surface area contributed by atoms with E-state index in [2.05, 4.69) is 34.6 Å². The standard InChI is InChI=1S/C22H29FN6O.H2S/c1-13(2)19-20(30)27-18-14(3)26-17(5-16(18)28(19)4)24-6-15-7-25-29(8-15)12-21-9-22(23,10-21)11-21;/h5,7-8,13,19H,6,9-12H2,1-4H3,(H,24,26)(H,27,30);1H2/t19-,21?,22?;/m0./s1. The Morgan fingerprint density at radius 3 is 2.71 bits per heavy atom. The SMILES string of the molecule is Cc1nc(NCc2cnn(CC34CC(F)(C3)C4)c2)cc2c1NC(=O)[C@H](C(C)C)N2C.S. The maximum absolute atomic E-state index is 13.7. The number of pyridine rings is 1. The lowest BCUT2D eigenvalue weighted by Crippen LogP contribution is -2.65. The van der Waals surface area contributed by atoms with Crippen molar-refractivity contribution >= 4 is 36.6 Å². The zero-order valence-corrected chi connectivity index (χ0v) is 19.5. The summed E-state index contributed by atoms with van der Waals surface area (Å²) >= 11 is 0. The van der Waals surface area contributed by atoms with Crippen LogP contribution in [-0.4, -0.2) is 39.4 Å². The van der Waals surface area contributed by atoms with Gasteiger partial charge in [-0.3, -0.25) is 9.48 Å². The van der Waals surface area contributed by atoms with E-state index in [0.717, 1.165) is 35.0 Å². The van der Waals surface area contributed by atoms with Crippen LogP contribution < -0.4 is 15.5 Å². The van der Waals surface area contributed by atoms with Crippen LogP contribution in [0.15, 0.2) is 18.5 Å². The minimum Gasteiger partial charge on any atom is -0.366 e. The minimum atomic E-state index is -0.866. The van der Waals surface area contributed by atoms with Crippen molar-refractivity contribution in [1.29, 1.82) is 0 Å². The lowest BCUT2D eigenvalue weighted by Gasteiger charge is -2.65. The second-order valence-corrected chi connectivity index (χ2v) is 9.86. The van der Waals surface area contributed by atoms with Crippen molar-refractivity contribution in [3.8, 4) is 0 Å². The Balaban J connectivity index is 0.00000231. The van der Waals surface area contributed by atoms with Crippen LogP contribution in [0.4, 0.5) is 21.6 Å². The molecule has 2 aromatic rings. The van der Waals surface area contributed by atoms with Crippen molar-refractivity contribution in [2.24, 2.45) is 11.3 Å². The number of hydrogen-bond acceptors (Lipinski definition) is 5. The number of fused-ring (bicyclic) bond motifs is 1. The molecule has 1 aliphatic heterocycles. The third-order valence-corrected chi connectivity index (χ3v) is 6.86. The Morgan fingerprint density at radius 1 is 1.35 bits per heavy atom. The molecule has 3 saturated carbocycles. The molecule has 0 aromatic carbocycles. The average Bonchev–Trinajstić information content (AvgIpc) is 3.06. The number of nitrogens with one attached hydrogen (secondary N) is 2. The number of alkyl halides is 1. The van der Waals surface area contributed by atoms with E-state index in [1.165, 1.54) is 0 Å². The van der Waals surface area contributed by atoms with Crippen LogP contribution in [0, 0.1) is 18.3 Å². The quantitative estimate of drug-likeness (QED) is 0.709. The summed E-state index contributed by atoms with van der Waals surface area (Å²) in [7, 11) is 1.96. The Kier molecular flexibility index (Phi) is 5.23. The molecule has 0 radical (unpaired) electrons. The molecule has 0 unspecified atom stereocenters. The fourth-order valence-corrected chi connectivity index (χ4v) is 5.60. The number of hydrogen-bond donors (Lipinski definition) is 2. The molecule has 0 saturated heterocycles. The van der Waals surface area contributed by atoms with E-state index in [1.807, 2.05) is 42.0 Å². The smallest absolute Gasteiger partial charge is 0.247 e. The first-order chi connectivity index (χ1) is 14.2. The first kappa shape index (κ1) is 21.9. The second kappa shape index (κ2) is 7.39. The maximum Gasteiger partial charge on any atom is 0.247 e.